The lowest BCUT2D eigenvalue weighted by Crippen LogP contribution is -2.22. The zero-order valence-electron chi connectivity index (χ0n) is 13.4. The van der Waals surface area contributed by atoms with Crippen LogP contribution in [0.5, 0.6) is 0 Å². The number of nitrogens with one attached hydrogen (secondary N) is 1. The van der Waals surface area contributed by atoms with E-state index < -0.39 is 0 Å². The second kappa shape index (κ2) is 6.38. The molecule has 0 aromatic carbocycles. The lowest BCUT2D eigenvalue weighted by atomic mass is 10.0. The number of aryl methyl sites for hydroxylation is 2. The van der Waals surface area contributed by atoms with Crippen molar-refractivity contribution in [1.29, 1.82) is 0 Å². The summed E-state index contributed by atoms with van der Waals surface area (Å²) in [6.45, 7) is 3.32. The molecule has 0 amide bonds. The molecule has 0 spiro atoms. The number of anilines is 1. The molecule has 5 nitrogen and oxygen atoms in total. The van der Waals surface area contributed by atoms with E-state index in [1.54, 1.807) is 4.57 Å². The number of aromatic nitrogens is 3. The Balaban J connectivity index is 1.78. The number of rotatable bonds is 5. The topological polar surface area (TPSA) is 51.9 Å². The third-order valence-electron chi connectivity index (χ3n) is 4.51. The Morgan fingerprint density at radius 2 is 2.14 bits per heavy atom. The number of nitrogens with zero attached hydrogens (tertiary/aromatic N) is 3. The molecule has 5 heteroatoms. The van der Waals surface area contributed by atoms with E-state index in [-0.39, 0.29) is 5.56 Å². The van der Waals surface area contributed by atoms with Gasteiger partial charge in [-0.3, -0.25) is 9.48 Å². The van der Waals surface area contributed by atoms with Crippen molar-refractivity contribution in [1.82, 2.24) is 14.3 Å². The third kappa shape index (κ3) is 2.93. The van der Waals surface area contributed by atoms with Crippen molar-refractivity contribution in [3.8, 4) is 0 Å². The van der Waals surface area contributed by atoms with E-state index in [4.69, 9.17) is 0 Å². The fraction of sp³-hybridized carbons (Fsp3) is 0.529. The van der Waals surface area contributed by atoms with E-state index in [2.05, 4.69) is 16.6 Å². The maximum Gasteiger partial charge on any atom is 0.273 e. The van der Waals surface area contributed by atoms with Crippen LogP contribution in [0.25, 0.3) is 0 Å². The van der Waals surface area contributed by atoms with Crippen molar-refractivity contribution >= 4 is 5.69 Å². The first-order valence-electron chi connectivity index (χ1n) is 8.14. The van der Waals surface area contributed by atoms with Crippen LogP contribution in [-0.4, -0.2) is 14.3 Å². The van der Waals surface area contributed by atoms with Crippen molar-refractivity contribution in [3.63, 3.8) is 0 Å². The normalized spacial score (nSPS) is 15.4. The lowest BCUT2D eigenvalue weighted by molar-refractivity contribution is 0.654. The highest BCUT2D eigenvalue weighted by molar-refractivity contribution is 5.41. The molecular formula is C17H24N4O. The summed E-state index contributed by atoms with van der Waals surface area (Å²) in [6, 6.07) is 3.76. The third-order valence-corrected chi connectivity index (χ3v) is 4.51. The number of hydrogen-bond acceptors (Lipinski definition) is 3. The summed E-state index contributed by atoms with van der Waals surface area (Å²) in [7, 11) is 1.97. The van der Waals surface area contributed by atoms with Crippen molar-refractivity contribution in [2.45, 2.75) is 51.6 Å². The van der Waals surface area contributed by atoms with Crippen LogP contribution in [0.1, 0.15) is 49.8 Å². The molecule has 0 bridgehead atoms. The Kier molecular flexibility index (Phi) is 4.32. The number of pyridine rings is 1. The van der Waals surface area contributed by atoms with Gasteiger partial charge in [-0.15, -0.1) is 0 Å². The molecule has 1 fully saturated rings. The molecule has 118 valence electrons. The van der Waals surface area contributed by atoms with Crippen LogP contribution in [0.2, 0.25) is 0 Å². The molecule has 1 aliphatic carbocycles. The minimum Gasteiger partial charge on any atom is -0.376 e. The molecule has 2 heterocycles. The molecule has 0 unspecified atom stereocenters. The molecule has 1 aliphatic rings. The smallest absolute Gasteiger partial charge is 0.273 e. The molecule has 2 aromatic rings. The summed E-state index contributed by atoms with van der Waals surface area (Å²) >= 11 is 0. The zero-order chi connectivity index (χ0) is 15.5. The van der Waals surface area contributed by atoms with Crippen molar-refractivity contribution in [2.24, 2.45) is 7.05 Å². The minimum absolute atomic E-state index is 0.0382. The maximum absolute atomic E-state index is 12.2. The fourth-order valence-electron chi connectivity index (χ4n) is 3.34. The minimum atomic E-state index is 0.0382. The van der Waals surface area contributed by atoms with E-state index in [1.807, 2.05) is 37.0 Å². The summed E-state index contributed by atoms with van der Waals surface area (Å²) in [4.78, 5) is 12.2. The van der Waals surface area contributed by atoms with Crippen LogP contribution in [0.15, 0.2) is 29.3 Å². The molecule has 22 heavy (non-hydrogen) atoms. The van der Waals surface area contributed by atoms with Gasteiger partial charge in [-0.05, 0) is 31.9 Å². The average Bonchev–Trinajstić information content (AvgIpc) is 3.15. The molecule has 2 aromatic heterocycles. The summed E-state index contributed by atoms with van der Waals surface area (Å²) in [5.41, 5.74) is 3.11. The van der Waals surface area contributed by atoms with Gasteiger partial charge < -0.3 is 9.88 Å². The first kappa shape index (κ1) is 14.9. The zero-order valence-corrected chi connectivity index (χ0v) is 13.4. The SMILES string of the molecule is CCn1cccc(NCc2cn(C)nc2C2CCCC2)c1=O. The molecule has 1 saturated carbocycles. The van der Waals surface area contributed by atoms with Crippen LogP contribution in [0, 0.1) is 0 Å². The largest absolute Gasteiger partial charge is 0.376 e. The van der Waals surface area contributed by atoms with Crippen LogP contribution in [0.4, 0.5) is 5.69 Å². The molecule has 1 N–H and O–H groups in total. The molecule has 0 atom stereocenters. The predicted molar refractivity (Wildman–Crippen MR) is 88.1 cm³/mol. The Labute approximate surface area is 131 Å². The molecule has 0 radical (unpaired) electrons. The first-order chi connectivity index (χ1) is 10.7. The highest BCUT2D eigenvalue weighted by Gasteiger charge is 2.22. The van der Waals surface area contributed by atoms with E-state index in [0.29, 0.717) is 24.7 Å². The average molecular weight is 300 g/mol. The standard InChI is InChI=1S/C17H24N4O/c1-3-21-10-6-9-15(17(21)22)18-11-14-12-20(2)19-16(14)13-7-4-5-8-13/h6,9-10,12-13,18H,3-5,7-8,11H2,1-2H3. The van der Waals surface area contributed by atoms with Crippen LogP contribution in [0.3, 0.4) is 0 Å². The maximum atomic E-state index is 12.2. The quantitative estimate of drug-likeness (QED) is 0.924. The van der Waals surface area contributed by atoms with Gasteiger partial charge in [0, 0.05) is 44.0 Å². The second-order valence-corrected chi connectivity index (χ2v) is 6.06. The fourth-order valence-corrected chi connectivity index (χ4v) is 3.34. The first-order valence-corrected chi connectivity index (χ1v) is 8.14. The van der Waals surface area contributed by atoms with Gasteiger partial charge in [0.2, 0.25) is 0 Å². The van der Waals surface area contributed by atoms with Gasteiger partial charge in [-0.1, -0.05) is 12.8 Å². The summed E-state index contributed by atoms with van der Waals surface area (Å²) in [6.07, 6.45) is 8.96. The Bertz CT molecular complexity index is 695. The van der Waals surface area contributed by atoms with E-state index in [1.165, 1.54) is 36.9 Å². The molecule has 0 aliphatic heterocycles. The summed E-state index contributed by atoms with van der Waals surface area (Å²) < 4.78 is 3.60. The van der Waals surface area contributed by atoms with Gasteiger partial charge in [0.05, 0.1) is 5.69 Å². The van der Waals surface area contributed by atoms with Gasteiger partial charge in [0.1, 0.15) is 5.69 Å². The van der Waals surface area contributed by atoms with Gasteiger partial charge in [0.15, 0.2) is 0 Å². The lowest BCUT2D eigenvalue weighted by Gasteiger charge is -2.11. The summed E-state index contributed by atoms with van der Waals surface area (Å²) in [5.74, 6) is 0.584. The van der Waals surface area contributed by atoms with Crippen LogP contribution in [-0.2, 0) is 20.1 Å². The predicted octanol–water partition coefficient (Wildman–Crippen LogP) is 2.87. The molecule has 3 rings (SSSR count). The molecule has 0 saturated heterocycles. The van der Waals surface area contributed by atoms with Crippen molar-refractivity contribution in [2.75, 3.05) is 5.32 Å². The highest BCUT2D eigenvalue weighted by Crippen LogP contribution is 2.34. The van der Waals surface area contributed by atoms with Gasteiger partial charge in [0.25, 0.3) is 5.56 Å². The molecular weight excluding hydrogens is 276 g/mol. The van der Waals surface area contributed by atoms with E-state index >= 15 is 0 Å². The second-order valence-electron chi connectivity index (χ2n) is 6.06. The van der Waals surface area contributed by atoms with Crippen molar-refractivity contribution in [3.05, 3.63) is 46.1 Å². The van der Waals surface area contributed by atoms with Gasteiger partial charge in [-0.2, -0.15) is 5.10 Å². The van der Waals surface area contributed by atoms with Gasteiger partial charge >= 0.3 is 0 Å². The van der Waals surface area contributed by atoms with E-state index in [9.17, 15) is 4.79 Å². The number of hydrogen-bond donors (Lipinski definition) is 1. The Hall–Kier alpha value is -2.04. The summed E-state index contributed by atoms with van der Waals surface area (Å²) in [5, 5.41) is 7.95. The van der Waals surface area contributed by atoms with Crippen LogP contribution < -0.4 is 10.9 Å². The van der Waals surface area contributed by atoms with Crippen molar-refractivity contribution < 1.29 is 0 Å². The Morgan fingerprint density at radius 3 is 2.86 bits per heavy atom. The Morgan fingerprint density at radius 1 is 1.36 bits per heavy atom. The van der Waals surface area contributed by atoms with E-state index in [0.717, 1.165) is 0 Å². The monoisotopic (exact) mass is 300 g/mol. The highest BCUT2D eigenvalue weighted by atomic mass is 16.1. The van der Waals surface area contributed by atoms with Gasteiger partial charge in [-0.25, -0.2) is 0 Å². The van der Waals surface area contributed by atoms with Crippen LogP contribution >= 0.6 is 0 Å².